The summed E-state index contributed by atoms with van der Waals surface area (Å²) in [5, 5.41) is 4.24. The van der Waals surface area contributed by atoms with Crippen LogP contribution in [0.3, 0.4) is 0 Å². The van der Waals surface area contributed by atoms with Crippen molar-refractivity contribution in [2.45, 2.75) is 25.1 Å². The summed E-state index contributed by atoms with van der Waals surface area (Å²) in [5.41, 5.74) is 0.977. The van der Waals surface area contributed by atoms with E-state index in [9.17, 15) is 18.0 Å². The molecule has 0 atom stereocenters. The van der Waals surface area contributed by atoms with Gasteiger partial charge in [0.25, 0.3) is 5.91 Å². The van der Waals surface area contributed by atoms with E-state index in [1.165, 1.54) is 6.07 Å². The van der Waals surface area contributed by atoms with Crippen molar-refractivity contribution in [2.24, 2.45) is 0 Å². The number of hydrogen-bond acceptors (Lipinski definition) is 2. The van der Waals surface area contributed by atoms with Gasteiger partial charge in [-0.25, -0.2) is 0 Å². The maximum absolute atomic E-state index is 12.1. The van der Waals surface area contributed by atoms with Gasteiger partial charge in [0.2, 0.25) is 0 Å². The van der Waals surface area contributed by atoms with Crippen LogP contribution in [-0.2, 0) is 0 Å². The fourth-order valence-electron chi connectivity index (χ4n) is 2.29. The second-order valence-electron chi connectivity index (χ2n) is 4.60. The van der Waals surface area contributed by atoms with E-state index in [2.05, 4.69) is 5.32 Å². The predicted octanol–water partition coefficient (Wildman–Crippen LogP) is 2.40. The lowest BCUT2D eigenvalue weighted by molar-refractivity contribution is -0.146. The molecule has 0 radical (unpaired) electrons. The minimum atomic E-state index is -4.69. The first-order valence-electron chi connectivity index (χ1n) is 6.15. The molecule has 1 aliphatic rings. The number of hydrogen-bond donors (Lipinski definition) is 2. The third-order valence-corrected chi connectivity index (χ3v) is 3.21. The zero-order valence-corrected chi connectivity index (χ0v) is 10.3. The van der Waals surface area contributed by atoms with Crippen molar-refractivity contribution in [2.75, 3.05) is 13.1 Å². The second-order valence-corrected chi connectivity index (χ2v) is 4.60. The molecule has 19 heavy (non-hydrogen) atoms. The first-order valence-corrected chi connectivity index (χ1v) is 6.15. The van der Waals surface area contributed by atoms with E-state index in [1.54, 1.807) is 12.1 Å². The fraction of sp³-hybridized carbons (Fsp3) is 0.462. The van der Waals surface area contributed by atoms with Crippen LogP contribution in [0.1, 0.15) is 34.7 Å². The molecule has 6 heteroatoms. The summed E-state index contributed by atoms with van der Waals surface area (Å²) in [7, 11) is 0. The van der Waals surface area contributed by atoms with Gasteiger partial charge >= 0.3 is 6.30 Å². The van der Waals surface area contributed by atoms with E-state index in [0.717, 1.165) is 36.8 Å². The van der Waals surface area contributed by atoms with Gasteiger partial charge in [0, 0.05) is 5.56 Å². The smallest absolute Gasteiger partial charge is 0.317 e. The summed E-state index contributed by atoms with van der Waals surface area (Å²) in [6.07, 6.45) is -2.82. The number of benzene rings is 1. The summed E-state index contributed by atoms with van der Waals surface area (Å²) in [5.74, 6) is -0.803. The van der Waals surface area contributed by atoms with Gasteiger partial charge in [-0.1, -0.05) is 12.1 Å². The van der Waals surface area contributed by atoms with Crippen molar-refractivity contribution in [3.05, 3.63) is 35.4 Å². The standard InChI is InChI=1S/C13H15F3N2O/c14-13(15,16)18-12(19)11-3-1-2-10(8-11)9-4-6-17-7-5-9/h1-3,8-9,17H,4-7H2,(H,18,19). The average molecular weight is 272 g/mol. The summed E-state index contributed by atoms with van der Waals surface area (Å²) in [6, 6.07) is 6.44. The molecule has 1 aliphatic heterocycles. The monoisotopic (exact) mass is 272 g/mol. The van der Waals surface area contributed by atoms with Gasteiger partial charge in [0.1, 0.15) is 0 Å². The van der Waals surface area contributed by atoms with Gasteiger partial charge in [0.05, 0.1) is 0 Å². The van der Waals surface area contributed by atoms with Crippen molar-refractivity contribution < 1.29 is 18.0 Å². The lowest BCUT2D eigenvalue weighted by Gasteiger charge is -2.23. The Balaban J connectivity index is 2.12. The van der Waals surface area contributed by atoms with E-state index in [0.29, 0.717) is 5.92 Å². The van der Waals surface area contributed by atoms with E-state index >= 15 is 0 Å². The highest BCUT2D eigenvalue weighted by atomic mass is 19.4. The average Bonchev–Trinajstić information content (AvgIpc) is 2.38. The number of alkyl halides is 3. The van der Waals surface area contributed by atoms with Gasteiger partial charge in [-0.2, -0.15) is 13.2 Å². The molecular formula is C13H15F3N2O. The lowest BCUT2D eigenvalue weighted by atomic mass is 9.89. The molecule has 0 spiro atoms. The highest BCUT2D eigenvalue weighted by Crippen LogP contribution is 2.25. The third-order valence-electron chi connectivity index (χ3n) is 3.21. The molecule has 1 amide bonds. The van der Waals surface area contributed by atoms with E-state index in [1.807, 2.05) is 6.07 Å². The number of halogens is 3. The fourth-order valence-corrected chi connectivity index (χ4v) is 2.29. The minimum Gasteiger partial charge on any atom is -0.317 e. The van der Waals surface area contributed by atoms with Crippen molar-refractivity contribution in [3.8, 4) is 0 Å². The number of rotatable bonds is 2. The van der Waals surface area contributed by atoms with Crippen LogP contribution < -0.4 is 10.6 Å². The number of amides is 1. The quantitative estimate of drug-likeness (QED) is 0.812. The Morgan fingerprint density at radius 3 is 2.58 bits per heavy atom. The molecule has 2 rings (SSSR count). The first kappa shape index (κ1) is 13.9. The van der Waals surface area contributed by atoms with E-state index in [4.69, 9.17) is 0 Å². The molecule has 0 unspecified atom stereocenters. The van der Waals surface area contributed by atoms with Gasteiger partial charge in [-0.3, -0.25) is 10.1 Å². The van der Waals surface area contributed by atoms with Crippen LogP contribution in [0.5, 0.6) is 0 Å². The Kier molecular flexibility index (Phi) is 4.09. The second kappa shape index (κ2) is 5.61. The molecule has 1 saturated heterocycles. The maximum atomic E-state index is 12.1. The molecule has 0 aromatic heterocycles. The van der Waals surface area contributed by atoms with Gasteiger partial charge < -0.3 is 5.32 Å². The van der Waals surface area contributed by atoms with Gasteiger partial charge in [-0.15, -0.1) is 0 Å². The SMILES string of the molecule is O=C(NC(F)(F)F)c1cccc(C2CCNCC2)c1. The maximum Gasteiger partial charge on any atom is 0.484 e. The topological polar surface area (TPSA) is 41.1 Å². The number of nitrogens with one attached hydrogen (secondary N) is 2. The van der Waals surface area contributed by atoms with Crippen LogP contribution >= 0.6 is 0 Å². The molecule has 1 aromatic carbocycles. The summed E-state index contributed by atoms with van der Waals surface area (Å²) < 4.78 is 36.3. The highest BCUT2D eigenvalue weighted by Gasteiger charge is 2.30. The number of carbonyl (C=O) groups excluding carboxylic acids is 1. The minimum absolute atomic E-state index is 0.0494. The molecule has 1 fully saturated rings. The van der Waals surface area contributed by atoms with Crippen LogP contribution in [-0.4, -0.2) is 25.3 Å². The van der Waals surface area contributed by atoms with Crippen LogP contribution in [0.2, 0.25) is 0 Å². The molecule has 0 bridgehead atoms. The Bertz CT molecular complexity index is 453. The zero-order chi connectivity index (χ0) is 13.9. The Labute approximate surface area is 109 Å². The molecule has 1 heterocycles. The molecule has 2 N–H and O–H groups in total. The van der Waals surface area contributed by atoms with E-state index in [-0.39, 0.29) is 5.56 Å². The summed E-state index contributed by atoms with van der Waals surface area (Å²) in [6.45, 7) is 1.79. The van der Waals surface area contributed by atoms with Crippen molar-refractivity contribution in [1.82, 2.24) is 10.6 Å². The van der Waals surface area contributed by atoms with Gasteiger partial charge in [-0.05, 0) is 49.5 Å². The molecular weight excluding hydrogens is 257 g/mol. The first-order chi connectivity index (χ1) is 8.96. The number of piperidine rings is 1. The number of carbonyl (C=O) groups is 1. The predicted molar refractivity (Wildman–Crippen MR) is 64.8 cm³/mol. The third kappa shape index (κ3) is 3.96. The molecule has 3 nitrogen and oxygen atoms in total. The Morgan fingerprint density at radius 1 is 1.26 bits per heavy atom. The van der Waals surface area contributed by atoms with Crippen LogP contribution in [0.4, 0.5) is 13.2 Å². The molecule has 104 valence electrons. The van der Waals surface area contributed by atoms with Crippen LogP contribution in [0, 0.1) is 0 Å². The highest BCUT2D eigenvalue weighted by molar-refractivity contribution is 5.94. The normalized spacial score (nSPS) is 17.2. The van der Waals surface area contributed by atoms with Crippen molar-refractivity contribution in [1.29, 1.82) is 0 Å². The molecule has 1 aromatic rings. The molecule has 0 aliphatic carbocycles. The van der Waals surface area contributed by atoms with Crippen LogP contribution in [0.25, 0.3) is 0 Å². The zero-order valence-electron chi connectivity index (χ0n) is 10.3. The van der Waals surface area contributed by atoms with Gasteiger partial charge in [0.15, 0.2) is 0 Å². The lowest BCUT2D eigenvalue weighted by Crippen LogP contribution is -2.37. The summed E-state index contributed by atoms with van der Waals surface area (Å²) in [4.78, 5) is 11.5. The Morgan fingerprint density at radius 2 is 1.95 bits per heavy atom. The van der Waals surface area contributed by atoms with Crippen LogP contribution in [0.15, 0.2) is 24.3 Å². The van der Waals surface area contributed by atoms with Crippen molar-refractivity contribution >= 4 is 5.91 Å². The largest absolute Gasteiger partial charge is 0.484 e. The summed E-state index contributed by atoms with van der Waals surface area (Å²) >= 11 is 0. The Hall–Kier alpha value is -1.56. The van der Waals surface area contributed by atoms with E-state index < -0.39 is 12.2 Å². The van der Waals surface area contributed by atoms with Crippen molar-refractivity contribution in [3.63, 3.8) is 0 Å². The molecule has 0 saturated carbocycles.